The summed E-state index contributed by atoms with van der Waals surface area (Å²) >= 11 is 1.49. The van der Waals surface area contributed by atoms with Crippen molar-refractivity contribution in [2.24, 2.45) is 5.92 Å². The Morgan fingerprint density at radius 1 is 1.06 bits per heavy atom. The predicted octanol–water partition coefficient (Wildman–Crippen LogP) is 4.78. The molecule has 8 heteroatoms. The lowest BCUT2D eigenvalue weighted by Crippen LogP contribution is -2.43. The largest absolute Gasteiger partial charge is 0.497 e. The summed E-state index contributed by atoms with van der Waals surface area (Å²) < 4.78 is 16.1. The molecule has 0 fully saturated rings. The van der Waals surface area contributed by atoms with Crippen molar-refractivity contribution < 1.29 is 28.6 Å². The van der Waals surface area contributed by atoms with Crippen molar-refractivity contribution in [3.63, 3.8) is 0 Å². The molecular formula is C28H31NO6S. The predicted molar refractivity (Wildman–Crippen MR) is 137 cm³/mol. The van der Waals surface area contributed by atoms with Crippen LogP contribution in [0.5, 0.6) is 5.75 Å². The number of rotatable bonds is 7. The van der Waals surface area contributed by atoms with Crippen LogP contribution in [0, 0.1) is 12.8 Å². The molecule has 0 spiro atoms. The van der Waals surface area contributed by atoms with E-state index in [0.29, 0.717) is 29.0 Å². The molecule has 0 amide bonds. The van der Waals surface area contributed by atoms with Crippen molar-refractivity contribution in [3.8, 4) is 5.75 Å². The van der Waals surface area contributed by atoms with Crippen LogP contribution in [0.3, 0.4) is 0 Å². The van der Waals surface area contributed by atoms with Gasteiger partial charge in [0.15, 0.2) is 5.78 Å². The van der Waals surface area contributed by atoms with E-state index in [1.165, 1.54) is 11.3 Å². The minimum absolute atomic E-state index is 0.169. The molecule has 1 N–H and O–H groups in total. The van der Waals surface area contributed by atoms with Gasteiger partial charge in [-0.3, -0.25) is 9.59 Å². The van der Waals surface area contributed by atoms with Crippen LogP contribution < -0.4 is 10.1 Å². The van der Waals surface area contributed by atoms with Gasteiger partial charge in [-0.25, -0.2) is 4.79 Å². The summed E-state index contributed by atoms with van der Waals surface area (Å²) in [4.78, 5) is 41.5. The number of ketones is 1. The van der Waals surface area contributed by atoms with Crippen LogP contribution in [0.2, 0.25) is 0 Å². The second-order valence-electron chi connectivity index (χ2n) is 8.85. The molecule has 1 aromatic carbocycles. The fraction of sp³-hybridized carbons (Fsp3) is 0.393. The summed E-state index contributed by atoms with van der Waals surface area (Å²) in [7, 11) is 1.59. The second kappa shape index (κ2) is 10.7. The van der Waals surface area contributed by atoms with Gasteiger partial charge in [-0.1, -0.05) is 12.1 Å². The van der Waals surface area contributed by atoms with Crippen LogP contribution in [0.4, 0.5) is 0 Å². The molecule has 190 valence electrons. The van der Waals surface area contributed by atoms with E-state index >= 15 is 0 Å². The summed E-state index contributed by atoms with van der Waals surface area (Å²) in [6.07, 6.45) is 0.422. The number of allylic oxidation sites excluding steroid dienone is 3. The third-order valence-electron chi connectivity index (χ3n) is 6.76. The monoisotopic (exact) mass is 509 g/mol. The number of nitrogens with one attached hydrogen (secondary N) is 1. The summed E-state index contributed by atoms with van der Waals surface area (Å²) in [6, 6.07) is 9.37. The highest BCUT2D eigenvalue weighted by Crippen LogP contribution is 2.49. The standard InChI is InChI=1S/C28H31NO6S/c1-6-34-27(31)21-16(4)29-20-14-19(17-8-10-18(33-5)11-9-17)22(28(32)35-7-2)25(30)23(20)24(21)26-15(3)12-13-36-26/h8-13,19,22,24,29H,6-7,14H2,1-5H3/t19-,22+,24-/m0/s1. The highest BCUT2D eigenvalue weighted by atomic mass is 32.1. The lowest BCUT2D eigenvalue weighted by atomic mass is 9.68. The van der Waals surface area contributed by atoms with Gasteiger partial charge in [-0.05, 0) is 68.8 Å². The van der Waals surface area contributed by atoms with Gasteiger partial charge >= 0.3 is 11.9 Å². The van der Waals surface area contributed by atoms with Gasteiger partial charge in [0.25, 0.3) is 0 Å². The lowest BCUT2D eigenvalue weighted by molar-refractivity contribution is -0.152. The number of hydrogen-bond donors (Lipinski definition) is 1. The molecule has 0 saturated heterocycles. The van der Waals surface area contributed by atoms with Crippen molar-refractivity contribution in [2.75, 3.05) is 20.3 Å². The van der Waals surface area contributed by atoms with Crippen LogP contribution in [0.25, 0.3) is 0 Å². The Balaban J connectivity index is 1.87. The van der Waals surface area contributed by atoms with Crippen molar-refractivity contribution in [3.05, 3.63) is 74.3 Å². The summed E-state index contributed by atoms with van der Waals surface area (Å²) in [5, 5.41) is 5.27. The highest BCUT2D eigenvalue weighted by Gasteiger charge is 2.49. The molecule has 1 aliphatic carbocycles. The molecule has 0 radical (unpaired) electrons. The topological polar surface area (TPSA) is 90.9 Å². The van der Waals surface area contributed by atoms with E-state index in [2.05, 4.69) is 5.32 Å². The highest BCUT2D eigenvalue weighted by molar-refractivity contribution is 7.10. The third kappa shape index (κ3) is 4.57. The van der Waals surface area contributed by atoms with Crippen LogP contribution in [0.1, 0.15) is 55.0 Å². The second-order valence-corrected chi connectivity index (χ2v) is 9.80. The number of esters is 2. The molecule has 1 aliphatic heterocycles. The van der Waals surface area contributed by atoms with E-state index in [0.717, 1.165) is 21.7 Å². The first-order valence-electron chi connectivity index (χ1n) is 12.1. The molecule has 2 aromatic rings. The summed E-state index contributed by atoms with van der Waals surface area (Å²) in [5.41, 5.74) is 4.05. The lowest BCUT2D eigenvalue weighted by Gasteiger charge is -2.39. The normalized spacial score (nSPS) is 21.6. The van der Waals surface area contributed by atoms with Crippen molar-refractivity contribution in [1.82, 2.24) is 5.32 Å². The molecule has 1 aromatic heterocycles. The van der Waals surface area contributed by atoms with Gasteiger partial charge in [0.1, 0.15) is 11.7 Å². The molecule has 0 bridgehead atoms. The Kier molecular flexibility index (Phi) is 7.64. The van der Waals surface area contributed by atoms with E-state index in [4.69, 9.17) is 14.2 Å². The first kappa shape index (κ1) is 25.7. The summed E-state index contributed by atoms with van der Waals surface area (Å²) in [5.74, 6) is -2.71. The molecule has 3 atom stereocenters. The minimum Gasteiger partial charge on any atom is -0.497 e. The molecule has 0 saturated carbocycles. The first-order valence-corrected chi connectivity index (χ1v) is 13.0. The molecule has 36 heavy (non-hydrogen) atoms. The zero-order chi connectivity index (χ0) is 26.0. The van der Waals surface area contributed by atoms with Crippen LogP contribution in [-0.2, 0) is 23.9 Å². The Labute approximate surface area is 215 Å². The van der Waals surface area contributed by atoms with E-state index in [1.807, 2.05) is 49.6 Å². The fourth-order valence-electron chi connectivity index (χ4n) is 5.12. The van der Waals surface area contributed by atoms with Gasteiger partial charge in [0.2, 0.25) is 0 Å². The number of methoxy groups -OCH3 is 1. The summed E-state index contributed by atoms with van der Waals surface area (Å²) in [6.45, 7) is 7.66. The number of carbonyl (C=O) groups is 3. The SMILES string of the molecule is CCOC(=O)C1=C(C)NC2=C(C(=O)[C@H](C(=O)OCC)[C@H](c3ccc(OC)cc3)C2)[C@H]1c1sccc1C. The Morgan fingerprint density at radius 2 is 1.75 bits per heavy atom. The van der Waals surface area contributed by atoms with Crippen LogP contribution in [-0.4, -0.2) is 38.0 Å². The van der Waals surface area contributed by atoms with Crippen LogP contribution in [0.15, 0.2) is 58.3 Å². The Hall–Kier alpha value is -3.39. The number of ether oxygens (including phenoxy) is 3. The quantitative estimate of drug-likeness (QED) is 0.424. The fourth-order valence-corrected chi connectivity index (χ4v) is 6.17. The molecule has 2 aliphatic rings. The minimum atomic E-state index is -1.02. The van der Waals surface area contributed by atoms with Crippen molar-refractivity contribution in [1.29, 1.82) is 0 Å². The van der Waals surface area contributed by atoms with Gasteiger partial charge in [-0.2, -0.15) is 0 Å². The number of carbonyl (C=O) groups excluding carboxylic acids is 3. The van der Waals surface area contributed by atoms with Crippen LogP contribution >= 0.6 is 11.3 Å². The number of thiophene rings is 1. The molecule has 0 unspecified atom stereocenters. The molecule has 4 rings (SSSR count). The van der Waals surface area contributed by atoms with E-state index in [-0.39, 0.29) is 19.0 Å². The maximum Gasteiger partial charge on any atom is 0.336 e. The van der Waals surface area contributed by atoms with Gasteiger partial charge in [-0.15, -0.1) is 11.3 Å². The van der Waals surface area contributed by atoms with Gasteiger partial charge < -0.3 is 19.5 Å². The Bertz CT molecular complexity index is 1240. The number of dihydropyridines is 1. The van der Waals surface area contributed by atoms with E-state index < -0.39 is 29.7 Å². The number of Topliss-reactive ketones (excluding diaryl/α,β-unsaturated/α-hetero) is 1. The maximum atomic E-state index is 14.2. The molecular weight excluding hydrogens is 478 g/mol. The first-order chi connectivity index (χ1) is 17.3. The molecule has 2 heterocycles. The number of benzene rings is 1. The molecule has 7 nitrogen and oxygen atoms in total. The zero-order valence-electron chi connectivity index (χ0n) is 21.2. The van der Waals surface area contributed by atoms with Crippen molar-refractivity contribution in [2.45, 2.75) is 46.0 Å². The Morgan fingerprint density at radius 3 is 2.33 bits per heavy atom. The average molecular weight is 510 g/mol. The van der Waals surface area contributed by atoms with E-state index in [9.17, 15) is 14.4 Å². The number of hydrogen-bond acceptors (Lipinski definition) is 8. The smallest absolute Gasteiger partial charge is 0.336 e. The third-order valence-corrected chi connectivity index (χ3v) is 7.85. The zero-order valence-corrected chi connectivity index (χ0v) is 22.0. The van der Waals surface area contributed by atoms with Gasteiger partial charge in [0, 0.05) is 27.8 Å². The average Bonchev–Trinajstić information content (AvgIpc) is 3.28. The van der Waals surface area contributed by atoms with Gasteiger partial charge in [0.05, 0.1) is 31.8 Å². The maximum absolute atomic E-state index is 14.2. The number of aryl methyl sites for hydroxylation is 1. The van der Waals surface area contributed by atoms with Crippen molar-refractivity contribution >= 4 is 29.1 Å². The van der Waals surface area contributed by atoms with E-state index in [1.54, 1.807) is 21.0 Å².